The lowest BCUT2D eigenvalue weighted by Crippen LogP contribution is -2.13. The fraction of sp³-hybridized carbons (Fsp3) is 0.0909. The molecule has 2 rings (SSSR count). The number of carbonyl (C=O) groups is 1. The van der Waals surface area contributed by atoms with Gasteiger partial charge < -0.3 is 11.1 Å². The second-order valence-electron chi connectivity index (χ2n) is 3.68. The number of nitrogens with two attached hydrogens (primary N) is 1. The average molecular weight is 269 g/mol. The maximum Gasteiger partial charge on any atom is 0.261 e. The summed E-state index contributed by atoms with van der Waals surface area (Å²) in [5.74, 6) is -0.769. The maximum absolute atomic E-state index is 13.1. The molecular weight excluding hydrogens is 259 g/mol. The molecule has 0 aliphatic rings. The van der Waals surface area contributed by atoms with Gasteiger partial charge in [0, 0.05) is 17.8 Å². The third-order valence-electron chi connectivity index (χ3n) is 2.35. The summed E-state index contributed by atoms with van der Waals surface area (Å²) in [6.45, 7) is 0. The van der Waals surface area contributed by atoms with Crippen LogP contribution in [0.2, 0.25) is 5.02 Å². The van der Waals surface area contributed by atoms with E-state index in [2.05, 4.69) is 10.4 Å². The quantitative estimate of drug-likeness (QED) is 0.875. The van der Waals surface area contributed by atoms with E-state index in [1.807, 2.05) is 0 Å². The number of rotatable bonds is 2. The van der Waals surface area contributed by atoms with E-state index in [1.165, 1.54) is 16.9 Å². The third kappa shape index (κ3) is 2.43. The number of hydrogen-bond acceptors (Lipinski definition) is 3. The number of benzene rings is 1. The van der Waals surface area contributed by atoms with E-state index in [-0.39, 0.29) is 22.1 Å². The minimum Gasteiger partial charge on any atom is -0.383 e. The van der Waals surface area contributed by atoms with E-state index in [0.717, 1.165) is 12.1 Å². The molecule has 0 aliphatic carbocycles. The van der Waals surface area contributed by atoms with Gasteiger partial charge in [-0.2, -0.15) is 5.10 Å². The van der Waals surface area contributed by atoms with Crippen molar-refractivity contribution in [1.29, 1.82) is 0 Å². The topological polar surface area (TPSA) is 72.9 Å². The molecular formula is C11H10ClFN4O. The van der Waals surface area contributed by atoms with E-state index >= 15 is 0 Å². The molecule has 0 saturated carbocycles. The summed E-state index contributed by atoms with van der Waals surface area (Å²) in [5, 5.41) is 6.54. The zero-order valence-electron chi connectivity index (χ0n) is 9.45. The fourth-order valence-corrected chi connectivity index (χ4v) is 1.67. The van der Waals surface area contributed by atoms with Crippen LogP contribution in [0.15, 0.2) is 24.4 Å². The average Bonchev–Trinajstić information content (AvgIpc) is 2.58. The number of halogens is 2. The van der Waals surface area contributed by atoms with Crippen molar-refractivity contribution in [3.8, 4) is 0 Å². The first-order valence-electron chi connectivity index (χ1n) is 5.02. The van der Waals surface area contributed by atoms with Crippen LogP contribution < -0.4 is 11.1 Å². The largest absolute Gasteiger partial charge is 0.383 e. The zero-order valence-corrected chi connectivity index (χ0v) is 10.2. The molecule has 2 aromatic rings. The van der Waals surface area contributed by atoms with Crippen LogP contribution in [0.4, 0.5) is 15.9 Å². The zero-order chi connectivity index (χ0) is 13.3. The van der Waals surface area contributed by atoms with Crippen molar-refractivity contribution in [3.05, 3.63) is 40.8 Å². The monoisotopic (exact) mass is 268 g/mol. The Kier molecular flexibility index (Phi) is 3.20. The van der Waals surface area contributed by atoms with E-state index in [9.17, 15) is 9.18 Å². The number of anilines is 2. The summed E-state index contributed by atoms with van der Waals surface area (Å²) in [5.41, 5.74) is 6.13. The first-order valence-corrected chi connectivity index (χ1v) is 5.40. The van der Waals surface area contributed by atoms with Gasteiger partial charge in [-0.05, 0) is 18.2 Å². The number of nitrogen functional groups attached to an aromatic ring is 1. The molecule has 94 valence electrons. The van der Waals surface area contributed by atoms with Gasteiger partial charge in [0.15, 0.2) is 0 Å². The van der Waals surface area contributed by atoms with Crippen LogP contribution in [0.5, 0.6) is 0 Å². The molecule has 3 N–H and O–H groups in total. The second-order valence-corrected chi connectivity index (χ2v) is 4.12. The number of aryl methyl sites for hydroxylation is 1. The standard InChI is InChI=1S/C11H10ClFN4O/c1-17-10(14)9(5-15-17)11(18)16-8-3-6(12)2-7(13)4-8/h2-5H,14H2,1H3,(H,16,18). The van der Waals surface area contributed by atoms with Gasteiger partial charge in [0.2, 0.25) is 0 Å². The van der Waals surface area contributed by atoms with Gasteiger partial charge >= 0.3 is 0 Å². The second kappa shape index (κ2) is 4.66. The number of carbonyl (C=O) groups excluding carboxylic acids is 1. The van der Waals surface area contributed by atoms with Crippen LogP contribution in [0.25, 0.3) is 0 Å². The van der Waals surface area contributed by atoms with Gasteiger partial charge in [-0.1, -0.05) is 11.6 Å². The molecule has 0 bridgehead atoms. The molecule has 0 aliphatic heterocycles. The van der Waals surface area contributed by atoms with Gasteiger partial charge in [0.25, 0.3) is 5.91 Å². The Morgan fingerprint density at radius 1 is 1.50 bits per heavy atom. The van der Waals surface area contributed by atoms with Crippen molar-refractivity contribution in [3.63, 3.8) is 0 Å². The number of amides is 1. The van der Waals surface area contributed by atoms with Gasteiger partial charge in [-0.15, -0.1) is 0 Å². The number of hydrogen-bond donors (Lipinski definition) is 2. The molecule has 7 heteroatoms. The molecule has 1 aromatic heterocycles. The molecule has 0 fully saturated rings. The van der Waals surface area contributed by atoms with Crippen molar-refractivity contribution in [2.45, 2.75) is 0 Å². The van der Waals surface area contributed by atoms with Crippen LogP contribution in [-0.2, 0) is 7.05 Å². The molecule has 1 heterocycles. The minimum atomic E-state index is -0.531. The van der Waals surface area contributed by atoms with E-state index in [4.69, 9.17) is 17.3 Å². The van der Waals surface area contributed by atoms with Crippen LogP contribution in [0.3, 0.4) is 0 Å². The molecule has 18 heavy (non-hydrogen) atoms. The summed E-state index contributed by atoms with van der Waals surface area (Å²) in [6.07, 6.45) is 1.34. The van der Waals surface area contributed by atoms with Gasteiger partial charge in [-0.3, -0.25) is 9.48 Å². The van der Waals surface area contributed by atoms with Crippen molar-refractivity contribution >= 4 is 29.0 Å². The van der Waals surface area contributed by atoms with Crippen LogP contribution >= 0.6 is 11.6 Å². The summed E-state index contributed by atoms with van der Waals surface area (Å²) in [6, 6.07) is 3.75. The fourth-order valence-electron chi connectivity index (χ4n) is 1.45. The summed E-state index contributed by atoms with van der Waals surface area (Å²) in [4.78, 5) is 11.9. The van der Waals surface area contributed by atoms with Crippen LogP contribution in [0, 0.1) is 5.82 Å². The first kappa shape index (κ1) is 12.4. The summed E-state index contributed by atoms with van der Waals surface area (Å²) >= 11 is 5.68. The van der Waals surface area contributed by atoms with Gasteiger partial charge in [0.05, 0.1) is 6.20 Å². The number of nitrogens with zero attached hydrogens (tertiary/aromatic N) is 2. The highest BCUT2D eigenvalue weighted by Gasteiger charge is 2.14. The number of nitrogens with one attached hydrogen (secondary N) is 1. The first-order chi connectivity index (χ1) is 8.47. The Morgan fingerprint density at radius 2 is 2.22 bits per heavy atom. The summed E-state index contributed by atoms with van der Waals surface area (Å²) in [7, 11) is 1.62. The van der Waals surface area contributed by atoms with Crippen LogP contribution in [0.1, 0.15) is 10.4 Å². The Balaban J connectivity index is 2.24. The molecule has 1 aromatic carbocycles. The lowest BCUT2D eigenvalue weighted by molar-refractivity contribution is 0.102. The lowest BCUT2D eigenvalue weighted by atomic mass is 10.2. The van der Waals surface area contributed by atoms with Crippen molar-refractivity contribution < 1.29 is 9.18 Å². The SMILES string of the molecule is Cn1ncc(C(=O)Nc2cc(F)cc(Cl)c2)c1N. The highest BCUT2D eigenvalue weighted by atomic mass is 35.5. The molecule has 0 unspecified atom stereocenters. The molecule has 5 nitrogen and oxygen atoms in total. The smallest absolute Gasteiger partial charge is 0.261 e. The Labute approximate surface area is 107 Å². The van der Waals surface area contributed by atoms with Crippen molar-refractivity contribution in [2.24, 2.45) is 7.05 Å². The molecule has 0 saturated heterocycles. The van der Waals surface area contributed by atoms with Gasteiger partial charge in [0.1, 0.15) is 17.2 Å². The lowest BCUT2D eigenvalue weighted by Gasteiger charge is -2.05. The van der Waals surface area contributed by atoms with Gasteiger partial charge in [-0.25, -0.2) is 4.39 Å². The summed E-state index contributed by atoms with van der Waals surface area (Å²) < 4.78 is 14.5. The van der Waals surface area contributed by atoms with Crippen molar-refractivity contribution in [1.82, 2.24) is 9.78 Å². The molecule has 1 amide bonds. The molecule has 0 spiro atoms. The van der Waals surface area contributed by atoms with E-state index in [1.54, 1.807) is 7.05 Å². The maximum atomic E-state index is 13.1. The predicted molar refractivity (Wildman–Crippen MR) is 67.0 cm³/mol. The Bertz CT molecular complexity index is 591. The van der Waals surface area contributed by atoms with E-state index in [0.29, 0.717) is 0 Å². The molecule has 0 atom stereocenters. The Hall–Kier alpha value is -2.08. The highest BCUT2D eigenvalue weighted by molar-refractivity contribution is 6.31. The van der Waals surface area contributed by atoms with Crippen LogP contribution in [-0.4, -0.2) is 15.7 Å². The Morgan fingerprint density at radius 3 is 2.78 bits per heavy atom. The molecule has 0 radical (unpaired) electrons. The number of aromatic nitrogens is 2. The van der Waals surface area contributed by atoms with Crippen molar-refractivity contribution in [2.75, 3.05) is 11.1 Å². The van der Waals surface area contributed by atoms with E-state index < -0.39 is 11.7 Å². The predicted octanol–water partition coefficient (Wildman–Crippen LogP) is 2.05. The highest BCUT2D eigenvalue weighted by Crippen LogP contribution is 2.19. The third-order valence-corrected chi connectivity index (χ3v) is 2.57. The minimum absolute atomic E-state index is 0.199. The normalized spacial score (nSPS) is 10.4.